The molecule has 0 heterocycles. The van der Waals surface area contributed by atoms with Gasteiger partial charge < -0.3 is 21.1 Å². The summed E-state index contributed by atoms with van der Waals surface area (Å²) in [7, 11) is 0. The number of halogens is 2. The molecular formula is C20H35F2N3O5. The molecule has 8 nitrogen and oxygen atoms in total. The minimum absolute atomic E-state index is 0.0265. The Morgan fingerprint density at radius 3 is 1.83 bits per heavy atom. The molecule has 174 valence electrons. The Labute approximate surface area is 176 Å². The Balaban J connectivity index is 5.42. The summed E-state index contributed by atoms with van der Waals surface area (Å²) in [6.07, 6.45) is -1.67. The zero-order valence-electron chi connectivity index (χ0n) is 18.3. The fraction of sp³-hybridized carbons (Fsp3) is 0.800. The van der Waals surface area contributed by atoms with Crippen molar-refractivity contribution in [1.82, 2.24) is 16.0 Å². The number of Topliss-reactive ketones (excluding diaryl/α,β-unsaturated/α-hetero) is 1. The fourth-order valence-corrected chi connectivity index (χ4v) is 2.91. The third-order valence-electron chi connectivity index (χ3n) is 4.30. The van der Waals surface area contributed by atoms with Crippen LogP contribution < -0.4 is 16.0 Å². The number of carbonyl (C=O) groups excluding carboxylic acids is 3. The SMILES string of the molecule is CCCC[C@H](NC(C)C)C(=O)N[C@@H](CC(C)C)C(=O)NC(CC(F)F)C(=O)C(=O)O. The van der Waals surface area contributed by atoms with Crippen molar-refractivity contribution in [3.05, 3.63) is 0 Å². The molecule has 1 unspecified atom stereocenters. The lowest BCUT2D eigenvalue weighted by molar-refractivity contribution is -0.151. The third-order valence-corrected chi connectivity index (χ3v) is 4.30. The van der Waals surface area contributed by atoms with Crippen LogP contribution >= 0.6 is 0 Å². The maximum atomic E-state index is 12.8. The van der Waals surface area contributed by atoms with Gasteiger partial charge in [0.05, 0.1) is 6.04 Å². The molecule has 3 atom stereocenters. The Morgan fingerprint density at radius 1 is 0.867 bits per heavy atom. The van der Waals surface area contributed by atoms with Gasteiger partial charge in [-0.25, -0.2) is 13.6 Å². The standard InChI is InChI=1S/C20H35F2N3O5/c1-6-7-8-13(23-12(4)5)18(27)25-15(9-11(2)3)19(28)24-14(10-16(21)22)17(26)20(29)30/h11-16,23H,6-10H2,1-5H3,(H,24,28)(H,25,27)(H,29,30)/t13-,14?,15-/m0/s1. The van der Waals surface area contributed by atoms with E-state index >= 15 is 0 Å². The Kier molecular flexibility index (Phi) is 13.0. The highest BCUT2D eigenvalue weighted by Gasteiger charge is 2.33. The van der Waals surface area contributed by atoms with Crippen molar-refractivity contribution < 1.29 is 33.1 Å². The molecule has 0 radical (unpaired) electrons. The van der Waals surface area contributed by atoms with E-state index in [1.165, 1.54) is 0 Å². The first-order valence-electron chi connectivity index (χ1n) is 10.3. The van der Waals surface area contributed by atoms with E-state index in [0.29, 0.717) is 6.42 Å². The van der Waals surface area contributed by atoms with Gasteiger partial charge in [-0.15, -0.1) is 0 Å². The maximum absolute atomic E-state index is 12.8. The van der Waals surface area contributed by atoms with Gasteiger partial charge in [0.2, 0.25) is 18.2 Å². The first-order valence-corrected chi connectivity index (χ1v) is 10.3. The molecule has 4 N–H and O–H groups in total. The van der Waals surface area contributed by atoms with Crippen molar-refractivity contribution in [1.29, 1.82) is 0 Å². The van der Waals surface area contributed by atoms with Crippen molar-refractivity contribution in [3.8, 4) is 0 Å². The number of amides is 2. The molecule has 0 saturated carbocycles. The molecule has 0 aliphatic heterocycles. The van der Waals surface area contributed by atoms with Crippen molar-refractivity contribution >= 4 is 23.6 Å². The van der Waals surface area contributed by atoms with Crippen LogP contribution in [-0.4, -0.2) is 59.3 Å². The van der Waals surface area contributed by atoms with Gasteiger partial charge in [0, 0.05) is 12.5 Å². The number of nitrogens with one attached hydrogen (secondary N) is 3. The van der Waals surface area contributed by atoms with E-state index < -0.39 is 54.5 Å². The molecule has 0 spiro atoms. The summed E-state index contributed by atoms with van der Waals surface area (Å²) in [5.74, 6) is -4.74. The monoisotopic (exact) mass is 435 g/mol. The van der Waals surface area contributed by atoms with Gasteiger partial charge in [0.25, 0.3) is 5.78 Å². The van der Waals surface area contributed by atoms with Crippen LogP contribution in [0.4, 0.5) is 8.78 Å². The summed E-state index contributed by atoms with van der Waals surface area (Å²) in [5, 5.41) is 16.7. The van der Waals surface area contributed by atoms with Gasteiger partial charge in [-0.05, 0) is 18.8 Å². The maximum Gasteiger partial charge on any atom is 0.374 e. The second-order valence-corrected chi connectivity index (χ2v) is 8.06. The molecule has 0 fully saturated rings. The number of alkyl halides is 2. The second-order valence-electron chi connectivity index (χ2n) is 8.06. The smallest absolute Gasteiger partial charge is 0.374 e. The molecule has 0 saturated heterocycles. The molecule has 0 aromatic rings. The highest BCUT2D eigenvalue weighted by molar-refractivity contribution is 6.35. The zero-order valence-corrected chi connectivity index (χ0v) is 18.3. The minimum atomic E-state index is -2.98. The van der Waals surface area contributed by atoms with Crippen LogP contribution in [0, 0.1) is 5.92 Å². The number of hydrogen-bond donors (Lipinski definition) is 4. The predicted octanol–water partition coefficient (Wildman–Crippen LogP) is 1.87. The second kappa shape index (κ2) is 14.0. The van der Waals surface area contributed by atoms with E-state index in [1.54, 1.807) is 0 Å². The van der Waals surface area contributed by atoms with E-state index in [2.05, 4.69) is 16.0 Å². The molecule has 0 aliphatic carbocycles. The Morgan fingerprint density at radius 2 is 1.40 bits per heavy atom. The number of rotatable bonds is 15. The first-order chi connectivity index (χ1) is 13.9. The molecular weight excluding hydrogens is 400 g/mol. The van der Waals surface area contributed by atoms with Gasteiger partial charge in [0.15, 0.2) is 0 Å². The molecule has 0 aromatic carbocycles. The number of aliphatic carboxylic acids is 1. The summed E-state index contributed by atoms with van der Waals surface area (Å²) in [4.78, 5) is 48.0. The zero-order chi connectivity index (χ0) is 23.4. The quantitative estimate of drug-likeness (QED) is 0.291. The lowest BCUT2D eigenvalue weighted by Gasteiger charge is -2.26. The average molecular weight is 436 g/mol. The number of carbonyl (C=O) groups is 4. The number of ketones is 1. The number of carboxylic acid groups (broad SMARTS) is 1. The van der Waals surface area contributed by atoms with Gasteiger partial charge >= 0.3 is 5.97 Å². The predicted molar refractivity (Wildman–Crippen MR) is 108 cm³/mol. The first kappa shape index (κ1) is 27.9. The van der Waals surface area contributed by atoms with Crippen molar-refractivity contribution in [2.45, 2.75) is 97.3 Å². The topological polar surface area (TPSA) is 125 Å². The number of carboxylic acids is 1. The Bertz CT molecular complexity index is 585. The minimum Gasteiger partial charge on any atom is -0.475 e. The highest BCUT2D eigenvalue weighted by Crippen LogP contribution is 2.10. The van der Waals surface area contributed by atoms with Crippen LogP contribution in [0.1, 0.15) is 66.7 Å². The molecule has 0 aromatic heterocycles. The number of hydrogen-bond acceptors (Lipinski definition) is 5. The van der Waals surface area contributed by atoms with Crippen LogP contribution in [0.2, 0.25) is 0 Å². The average Bonchev–Trinajstić information content (AvgIpc) is 2.61. The van der Waals surface area contributed by atoms with Crippen molar-refractivity contribution in [3.63, 3.8) is 0 Å². The third kappa shape index (κ3) is 11.2. The van der Waals surface area contributed by atoms with Crippen LogP contribution in [0.3, 0.4) is 0 Å². The van der Waals surface area contributed by atoms with Crippen LogP contribution in [0.25, 0.3) is 0 Å². The summed E-state index contributed by atoms with van der Waals surface area (Å²) >= 11 is 0. The summed E-state index contributed by atoms with van der Waals surface area (Å²) in [5.41, 5.74) is 0. The molecule has 10 heteroatoms. The van der Waals surface area contributed by atoms with Crippen LogP contribution in [-0.2, 0) is 19.2 Å². The van der Waals surface area contributed by atoms with E-state index in [1.807, 2.05) is 34.6 Å². The highest BCUT2D eigenvalue weighted by atomic mass is 19.3. The summed E-state index contributed by atoms with van der Waals surface area (Å²) < 4.78 is 25.5. The largest absolute Gasteiger partial charge is 0.475 e. The van der Waals surface area contributed by atoms with Gasteiger partial charge in [-0.3, -0.25) is 14.4 Å². The van der Waals surface area contributed by atoms with Crippen LogP contribution in [0.15, 0.2) is 0 Å². The Hall–Kier alpha value is -2.10. The van der Waals surface area contributed by atoms with Gasteiger partial charge in [-0.1, -0.05) is 47.5 Å². The van der Waals surface area contributed by atoms with Crippen LogP contribution in [0.5, 0.6) is 0 Å². The normalized spacial score (nSPS) is 14.5. The fourth-order valence-electron chi connectivity index (χ4n) is 2.91. The summed E-state index contributed by atoms with van der Waals surface area (Å²) in [6, 6.07) is -3.47. The van der Waals surface area contributed by atoms with E-state index in [0.717, 1.165) is 12.8 Å². The van der Waals surface area contributed by atoms with E-state index in [9.17, 15) is 28.0 Å². The molecule has 30 heavy (non-hydrogen) atoms. The van der Waals surface area contributed by atoms with E-state index in [4.69, 9.17) is 5.11 Å². The lowest BCUT2D eigenvalue weighted by atomic mass is 10.0. The number of unbranched alkanes of at least 4 members (excludes halogenated alkanes) is 1. The summed E-state index contributed by atoms with van der Waals surface area (Å²) in [6.45, 7) is 9.38. The molecule has 0 rings (SSSR count). The lowest BCUT2D eigenvalue weighted by Crippen LogP contribution is -2.56. The molecule has 0 bridgehead atoms. The van der Waals surface area contributed by atoms with Crippen molar-refractivity contribution in [2.75, 3.05) is 0 Å². The van der Waals surface area contributed by atoms with Crippen molar-refractivity contribution in [2.24, 2.45) is 5.92 Å². The van der Waals surface area contributed by atoms with E-state index in [-0.39, 0.29) is 18.4 Å². The van der Waals surface area contributed by atoms with Gasteiger partial charge in [-0.2, -0.15) is 0 Å². The molecule has 0 aliphatic rings. The van der Waals surface area contributed by atoms with Gasteiger partial charge in [0.1, 0.15) is 12.1 Å². The molecule has 2 amide bonds.